The fraction of sp³-hybridized carbons (Fsp3) is 0.348. The molecule has 1 aromatic carbocycles. The summed E-state index contributed by atoms with van der Waals surface area (Å²) < 4.78 is 29.3. The van der Waals surface area contributed by atoms with Gasteiger partial charge in [-0.2, -0.15) is 5.10 Å². The number of rotatable bonds is 7. The number of nitrogens with one attached hydrogen (secondary N) is 1. The summed E-state index contributed by atoms with van der Waals surface area (Å²) in [5, 5.41) is 7.09. The summed E-state index contributed by atoms with van der Waals surface area (Å²) in [6.45, 7) is 3.58. The highest BCUT2D eigenvalue weighted by Gasteiger charge is 2.26. The molecule has 1 N–H and O–H groups in total. The van der Waals surface area contributed by atoms with Crippen LogP contribution in [-0.2, 0) is 17.1 Å². The van der Waals surface area contributed by atoms with Gasteiger partial charge in [-0.15, -0.1) is 0 Å². The third kappa shape index (κ3) is 5.00. The average Bonchev–Trinajstić information content (AvgIpc) is 3.27. The Kier molecular flexibility index (Phi) is 6.64. The quantitative estimate of drug-likeness (QED) is 0.572. The van der Waals surface area contributed by atoms with Gasteiger partial charge in [-0.3, -0.25) is 13.8 Å². The highest BCUT2D eigenvalue weighted by Crippen LogP contribution is 2.25. The highest BCUT2D eigenvalue weighted by atomic mass is 32.2. The van der Waals surface area contributed by atoms with Crippen LogP contribution >= 0.6 is 0 Å². The van der Waals surface area contributed by atoms with E-state index in [0.717, 1.165) is 31.7 Å². The Bertz CT molecular complexity index is 1190. The van der Waals surface area contributed by atoms with Crippen molar-refractivity contribution in [3.63, 3.8) is 0 Å². The van der Waals surface area contributed by atoms with Crippen LogP contribution < -0.4 is 14.5 Å². The van der Waals surface area contributed by atoms with Gasteiger partial charge < -0.3 is 10.2 Å². The van der Waals surface area contributed by atoms with Crippen LogP contribution in [0.1, 0.15) is 30.1 Å². The Morgan fingerprint density at radius 1 is 1.12 bits per heavy atom. The third-order valence-electron chi connectivity index (χ3n) is 5.76. The maximum Gasteiger partial charge on any atom is 0.265 e. The van der Waals surface area contributed by atoms with Gasteiger partial charge in [-0.05, 0) is 44.0 Å². The van der Waals surface area contributed by atoms with Crippen molar-refractivity contribution in [1.29, 1.82) is 0 Å². The molecule has 0 unspecified atom stereocenters. The van der Waals surface area contributed by atoms with Gasteiger partial charge in [0.05, 0.1) is 17.4 Å². The zero-order valence-corrected chi connectivity index (χ0v) is 19.6. The summed E-state index contributed by atoms with van der Waals surface area (Å²) in [6.07, 6.45) is 6.24. The van der Waals surface area contributed by atoms with Gasteiger partial charge in [0.2, 0.25) is 0 Å². The average molecular weight is 469 g/mol. The molecule has 0 spiro atoms. The van der Waals surface area contributed by atoms with Crippen molar-refractivity contribution < 1.29 is 13.2 Å². The summed E-state index contributed by atoms with van der Waals surface area (Å²) in [4.78, 5) is 19.0. The van der Waals surface area contributed by atoms with E-state index in [0.29, 0.717) is 17.8 Å². The summed E-state index contributed by atoms with van der Waals surface area (Å²) in [7, 11) is -1.92. The molecule has 3 aromatic rings. The first-order valence-corrected chi connectivity index (χ1v) is 12.4. The van der Waals surface area contributed by atoms with E-state index in [2.05, 4.69) is 20.3 Å². The van der Waals surface area contributed by atoms with E-state index in [9.17, 15) is 13.2 Å². The second-order valence-corrected chi connectivity index (χ2v) is 9.86. The van der Waals surface area contributed by atoms with Gasteiger partial charge in [0.25, 0.3) is 15.9 Å². The summed E-state index contributed by atoms with van der Waals surface area (Å²) in [5.74, 6) is 0.613. The number of sulfonamides is 1. The SMILES string of the molecule is CCN(c1ccccc1)S(=O)(=O)c1ccc(N2CCC(NC(=O)c3cnn(C)c3)CC2)nc1. The standard InChI is InChI=1S/C23H28N6O3S/c1-3-29(20-7-5-4-6-8-20)33(31,32)21-9-10-22(24-16-21)28-13-11-19(12-14-28)26-23(30)18-15-25-27(2)17-18/h4-10,15-17,19H,3,11-14H2,1-2H3,(H,26,30). The topological polar surface area (TPSA) is 100 Å². The number of aryl methyl sites for hydroxylation is 1. The van der Waals surface area contributed by atoms with Gasteiger partial charge >= 0.3 is 0 Å². The summed E-state index contributed by atoms with van der Waals surface area (Å²) in [5.41, 5.74) is 1.18. The molecule has 1 aliphatic heterocycles. The molecule has 0 atom stereocenters. The molecular formula is C23H28N6O3S. The first kappa shape index (κ1) is 22.8. The lowest BCUT2D eigenvalue weighted by molar-refractivity contribution is 0.0931. The third-order valence-corrected chi connectivity index (χ3v) is 7.65. The number of para-hydroxylation sites is 1. The molecule has 1 amide bonds. The summed E-state index contributed by atoms with van der Waals surface area (Å²) in [6, 6.07) is 12.5. The Balaban J connectivity index is 1.38. The number of carbonyl (C=O) groups excluding carboxylic acids is 1. The predicted octanol–water partition coefficient (Wildman–Crippen LogP) is 2.43. The monoisotopic (exact) mass is 468 g/mol. The van der Waals surface area contributed by atoms with Crippen LogP contribution in [0, 0.1) is 0 Å². The number of anilines is 2. The largest absolute Gasteiger partial charge is 0.356 e. The lowest BCUT2D eigenvalue weighted by atomic mass is 10.0. The van der Waals surface area contributed by atoms with Crippen molar-refractivity contribution in [2.24, 2.45) is 7.05 Å². The molecule has 0 radical (unpaired) electrons. The van der Waals surface area contributed by atoms with Crippen molar-refractivity contribution in [2.45, 2.75) is 30.7 Å². The van der Waals surface area contributed by atoms with E-state index in [-0.39, 0.29) is 16.8 Å². The lowest BCUT2D eigenvalue weighted by Crippen LogP contribution is -2.44. The number of carbonyl (C=O) groups is 1. The van der Waals surface area contributed by atoms with E-state index in [1.54, 1.807) is 48.4 Å². The van der Waals surface area contributed by atoms with Gasteiger partial charge in [-0.25, -0.2) is 13.4 Å². The van der Waals surface area contributed by atoms with Gasteiger partial charge in [0.15, 0.2) is 0 Å². The van der Waals surface area contributed by atoms with Crippen molar-refractivity contribution in [3.8, 4) is 0 Å². The molecule has 1 aliphatic rings. The molecule has 0 bridgehead atoms. The molecule has 0 aliphatic carbocycles. The number of piperidine rings is 1. The number of aromatic nitrogens is 3. The molecule has 33 heavy (non-hydrogen) atoms. The van der Waals surface area contributed by atoms with Gasteiger partial charge in [0, 0.05) is 45.1 Å². The number of nitrogens with zero attached hydrogens (tertiary/aromatic N) is 5. The molecule has 3 heterocycles. The summed E-state index contributed by atoms with van der Waals surface area (Å²) >= 11 is 0. The van der Waals surface area contributed by atoms with Gasteiger partial charge in [0.1, 0.15) is 10.7 Å². The van der Waals surface area contributed by atoms with E-state index in [1.807, 2.05) is 25.1 Å². The molecule has 9 nitrogen and oxygen atoms in total. The van der Waals surface area contributed by atoms with Crippen LogP contribution in [0.4, 0.5) is 11.5 Å². The lowest BCUT2D eigenvalue weighted by Gasteiger charge is -2.33. The fourth-order valence-electron chi connectivity index (χ4n) is 3.99. The Morgan fingerprint density at radius 2 is 1.85 bits per heavy atom. The minimum absolute atomic E-state index is 0.0811. The number of pyridine rings is 1. The first-order valence-electron chi connectivity index (χ1n) is 11.0. The first-order chi connectivity index (χ1) is 15.9. The van der Waals surface area contributed by atoms with Crippen molar-refractivity contribution >= 4 is 27.4 Å². The maximum absolute atomic E-state index is 13.1. The second-order valence-electron chi connectivity index (χ2n) is 7.99. The Hall–Kier alpha value is -3.40. The molecule has 1 fully saturated rings. The van der Waals surface area contributed by atoms with Crippen LogP contribution in [0.15, 0.2) is 66.0 Å². The van der Waals surface area contributed by atoms with E-state index >= 15 is 0 Å². The molecular weight excluding hydrogens is 440 g/mol. The van der Waals surface area contributed by atoms with Crippen molar-refractivity contribution in [2.75, 3.05) is 28.8 Å². The number of benzene rings is 1. The van der Waals surface area contributed by atoms with Crippen LogP contribution in [0.2, 0.25) is 0 Å². The van der Waals surface area contributed by atoms with Crippen LogP contribution in [0.3, 0.4) is 0 Å². The van der Waals surface area contributed by atoms with Crippen LogP contribution in [0.25, 0.3) is 0 Å². The van der Waals surface area contributed by atoms with E-state index in [4.69, 9.17) is 0 Å². The highest BCUT2D eigenvalue weighted by molar-refractivity contribution is 7.92. The zero-order chi connectivity index (χ0) is 23.4. The molecule has 4 rings (SSSR count). The Morgan fingerprint density at radius 3 is 2.42 bits per heavy atom. The number of amides is 1. The number of hydrogen-bond donors (Lipinski definition) is 1. The number of hydrogen-bond acceptors (Lipinski definition) is 6. The zero-order valence-electron chi connectivity index (χ0n) is 18.8. The maximum atomic E-state index is 13.1. The molecule has 1 saturated heterocycles. The molecule has 0 saturated carbocycles. The predicted molar refractivity (Wildman–Crippen MR) is 127 cm³/mol. The van der Waals surface area contributed by atoms with Gasteiger partial charge in [-0.1, -0.05) is 18.2 Å². The molecule has 2 aromatic heterocycles. The second kappa shape index (κ2) is 9.62. The minimum Gasteiger partial charge on any atom is -0.356 e. The van der Waals surface area contributed by atoms with Crippen LogP contribution in [0.5, 0.6) is 0 Å². The van der Waals surface area contributed by atoms with Crippen molar-refractivity contribution in [1.82, 2.24) is 20.1 Å². The fourth-order valence-corrected chi connectivity index (χ4v) is 5.40. The normalized spacial score (nSPS) is 14.8. The smallest absolute Gasteiger partial charge is 0.265 e. The van der Waals surface area contributed by atoms with Crippen molar-refractivity contribution in [3.05, 3.63) is 66.6 Å². The molecule has 174 valence electrons. The Labute approximate surface area is 194 Å². The minimum atomic E-state index is -3.70. The van der Waals surface area contributed by atoms with E-state index < -0.39 is 10.0 Å². The van der Waals surface area contributed by atoms with Crippen LogP contribution in [-0.4, -0.2) is 54.8 Å². The van der Waals surface area contributed by atoms with E-state index in [1.165, 1.54) is 10.5 Å². The molecule has 10 heteroatoms.